The quantitative estimate of drug-likeness (QED) is 0.166. The van der Waals surface area contributed by atoms with Gasteiger partial charge in [-0.05, 0) is 98.2 Å². The fourth-order valence-electron chi connectivity index (χ4n) is 7.78. The van der Waals surface area contributed by atoms with Crippen LogP contribution in [0.5, 0.6) is 0 Å². The van der Waals surface area contributed by atoms with Crippen molar-refractivity contribution >= 4 is 49.8 Å². The molecule has 0 radical (unpaired) electrons. The number of para-hydroxylation sites is 2. The van der Waals surface area contributed by atoms with E-state index in [0.29, 0.717) is 0 Å². The van der Waals surface area contributed by atoms with Gasteiger partial charge >= 0.3 is 0 Å². The predicted octanol–water partition coefficient (Wildman–Crippen LogP) is 14.9. The van der Waals surface area contributed by atoms with Gasteiger partial charge in [0, 0.05) is 27.7 Å². The van der Waals surface area contributed by atoms with Crippen LogP contribution in [0.15, 0.2) is 217 Å². The van der Waals surface area contributed by atoms with Gasteiger partial charge in [-0.2, -0.15) is 0 Å². The van der Waals surface area contributed by atoms with E-state index in [1.165, 1.54) is 38.8 Å². The molecule has 2 heteroatoms. The molecule has 0 aliphatic rings. The van der Waals surface area contributed by atoms with Crippen LogP contribution >= 0.6 is 0 Å². The standard InChI is InChI=1S/C52H35NO/c1-3-12-36(13-4-1)38-22-24-39(25-23-38)41-28-32-44(33-29-41)53(43-30-26-40(27-31-43)37-14-5-2-6-15-37)50-20-9-7-17-46(50)45-19-11-16-42-34-49-47-18-8-10-21-51(47)54-52(49)35-48(42)45/h1-35H. The summed E-state index contributed by atoms with van der Waals surface area (Å²) < 4.78 is 6.38. The Hall–Kier alpha value is -7.16. The number of furan rings is 1. The normalized spacial score (nSPS) is 11.3. The van der Waals surface area contributed by atoms with Gasteiger partial charge in [-0.25, -0.2) is 0 Å². The van der Waals surface area contributed by atoms with Crippen molar-refractivity contribution in [2.45, 2.75) is 0 Å². The number of hydrogen-bond donors (Lipinski definition) is 0. The topological polar surface area (TPSA) is 16.4 Å². The number of benzene rings is 9. The zero-order valence-corrected chi connectivity index (χ0v) is 29.6. The lowest BCUT2D eigenvalue weighted by atomic mass is 9.94. The fourth-order valence-corrected chi connectivity index (χ4v) is 7.78. The minimum atomic E-state index is 0.898. The molecule has 10 aromatic rings. The maximum atomic E-state index is 6.38. The second-order valence-electron chi connectivity index (χ2n) is 13.7. The molecule has 0 saturated heterocycles. The molecular weight excluding hydrogens is 655 g/mol. The maximum absolute atomic E-state index is 6.38. The molecule has 9 aromatic carbocycles. The molecule has 0 spiro atoms. The van der Waals surface area contributed by atoms with Gasteiger partial charge in [-0.1, -0.05) is 164 Å². The van der Waals surface area contributed by atoms with Crippen LogP contribution in [-0.2, 0) is 0 Å². The van der Waals surface area contributed by atoms with Crippen LogP contribution in [0.4, 0.5) is 17.1 Å². The first-order valence-corrected chi connectivity index (χ1v) is 18.4. The Morgan fingerprint density at radius 1 is 0.296 bits per heavy atom. The van der Waals surface area contributed by atoms with Crippen LogP contribution in [0.25, 0.3) is 77.2 Å². The molecule has 10 rings (SSSR count). The lowest BCUT2D eigenvalue weighted by molar-refractivity contribution is 0.669. The minimum absolute atomic E-state index is 0.898. The van der Waals surface area contributed by atoms with Crippen molar-refractivity contribution in [3.63, 3.8) is 0 Å². The fraction of sp³-hybridized carbons (Fsp3) is 0. The second kappa shape index (κ2) is 13.4. The molecule has 254 valence electrons. The van der Waals surface area contributed by atoms with Gasteiger partial charge in [0.05, 0.1) is 5.69 Å². The van der Waals surface area contributed by atoms with Crippen molar-refractivity contribution in [1.82, 2.24) is 0 Å². The van der Waals surface area contributed by atoms with Crippen LogP contribution in [0.3, 0.4) is 0 Å². The van der Waals surface area contributed by atoms with Gasteiger partial charge in [0.1, 0.15) is 11.2 Å². The first-order chi connectivity index (χ1) is 26.8. The third kappa shape index (κ3) is 5.71. The molecule has 1 heterocycles. The summed E-state index contributed by atoms with van der Waals surface area (Å²) in [5, 5.41) is 4.62. The molecular formula is C52H35NO. The molecule has 0 saturated carbocycles. The molecule has 0 atom stereocenters. The summed E-state index contributed by atoms with van der Waals surface area (Å²) in [5.41, 5.74) is 14.6. The van der Waals surface area contributed by atoms with Gasteiger partial charge in [0.15, 0.2) is 0 Å². The summed E-state index contributed by atoms with van der Waals surface area (Å²) in [7, 11) is 0. The SMILES string of the molecule is c1ccc(-c2ccc(-c3ccc(N(c4ccc(-c5ccccc5)cc4)c4ccccc4-c4cccc5cc6c(cc45)oc4ccccc46)cc3)cc2)cc1. The number of anilines is 3. The summed E-state index contributed by atoms with van der Waals surface area (Å²) in [4.78, 5) is 2.38. The monoisotopic (exact) mass is 689 g/mol. The zero-order chi connectivity index (χ0) is 35.8. The summed E-state index contributed by atoms with van der Waals surface area (Å²) >= 11 is 0. The third-order valence-electron chi connectivity index (χ3n) is 10.5. The van der Waals surface area contributed by atoms with Crippen LogP contribution in [0.2, 0.25) is 0 Å². The third-order valence-corrected chi connectivity index (χ3v) is 10.5. The first kappa shape index (κ1) is 31.6. The van der Waals surface area contributed by atoms with Gasteiger partial charge < -0.3 is 9.32 Å². The number of hydrogen-bond acceptors (Lipinski definition) is 2. The van der Waals surface area contributed by atoms with E-state index in [2.05, 4.69) is 205 Å². The molecule has 0 fully saturated rings. The largest absolute Gasteiger partial charge is 0.456 e. The predicted molar refractivity (Wildman–Crippen MR) is 228 cm³/mol. The molecule has 0 aliphatic carbocycles. The molecule has 0 N–H and O–H groups in total. The molecule has 0 amide bonds. The van der Waals surface area contributed by atoms with Crippen molar-refractivity contribution in [3.8, 4) is 44.5 Å². The Labute approximate surface area is 314 Å². The maximum Gasteiger partial charge on any atom is 0.136 e. The van der Waals surface area contributed by atoms with E-state index in [4.69, 9.17) is 4.42 Å². The van der Waals surface area contributed by atoms with Crippen molar-refractivity contribution in [2.24, 2.45) is 0 Å². The average Bonchev–Trinajstić information content (AvgIpc) is 3.61. The highest BCUT2D eigenvalue weighted by Crippen LogP contribution is 2.44. The Bertz CT molecular complexity index is 2890. The molecule has 0 aliphatic heterocycles. The molecule has 0 bridgehead atoms. The van der Waals surface area contributed by atoms with Crippen LogP contribution in [0.1, 0.15) is 0 Å². The van der Waals surface area contributed by atoms with Gasteiger partial charge in [-0.3, -0.25) is 0 Å². The van der Waals surface area contributed by atoms with Crippen molar-refractivity contribution in [1.29, 1.82) is 0 Å². The summed E-state index contributed by atoms with van der Waals surface area (Å²) in [6, 6.07) is 75.9. The summed E-state index contributed by atoms with van der Waals surface area (Å²) in [6.45, 7) is 0. The van der Waals surface area contributed by atoms with Crippen molar-refractivity contribution in [2.75, 3.05) is 4.90 Å². The van der Waals surface area contributed by atoms with Crippen LogP contribution < -0.4 is 4.90 Å². The van der Waals surface area contributed by atoms with E-state index in [1.54, 1.807) is 0 Å². The van der Waals surface area contributed by atoms with E-state index in [9.17, 15) is 0 Å². The Morgan fingerprint density at radius 3 is 1.39 bits per heavy atom. The Morgan fingerprint density at radius 2 is 0.778 bits per heavy atom. The summed E-state index contributed by atoms with van der Waals surface area (Å²) in [6.07, 6.45) is 0. The first-order valence-electron chi connectivity index (χ1n) is 18.4. The second-order valence-corrected chi connectivity index (χ2v) is 13.7. The number of fused-ring (bicyclic) bond motifs is 4. The number of rotatable bonds is 7. The van der Waals surface area contributed by atoms with E-state index < -0.39 is 0 Å². The Kier molecular flexibility index (Phi) is 7.85. The van der Waals surface area contributed by atoms with Crippen LogP contribution in [0, 0.1) is 0 Å². The molecule has 54 heavy (non-hydrogen) atoms. The Balaban J connectivity index is 1.09. The van der Waals surface area contributed by atoms with E-state index >= 15 is 0 Å². The number of nitrogens with zero attached hydrogens (tertiary/aromatic N) is 1. The zero-order valence-electron chi connectivity index (χ0n) is 29.6. The van der Waals surface area contributed by atoms with Crippen molar-refractivity contribution < 1.29 is 4.42 Å². The highest BCUT2D eigenvalue weighted by molar-refractivity contribution is 6.13. The van der Waals surface area contributed by atoms with Gasteiger partial charge in [0.25, 0.3) is 0 Å². The highest BCUT2D eigenvalue weighted by Gasteiger charge is 2.19. The average molecular weight is 690 g/mol. The van der Waals surface area contributed by atoms with E-state index in [0.717, 1.165) is 55.5 Å². The molecule has 2 nitrogen and oxygen atoms in total. The van der Waals surface area contributed by atoms with E-state index in [-0.39, 0.29) is 0 Å². The summed E-state index contributed by atoms with van der Waals surface area (Å²) in [5.74, 6) is 0. The van der Waals surface area contributed by atoms with Crippen LogP contribution in [-0.4, -0.2) is 0 Å². The highest BCUT2D eigenvalue weighted by atomic mass is 16.3. The molecule has 0 unspecified atom stereocenters. The van der Waals surface area contributed by atoms with Gasteiger partial charge in [-0.15, -0.1) is 0 Å². The van der Waals surface area contributed by atoms with Gasteiger partial charge in [0.2, 0.25) is 0 Å². The minimum Gasteiger partial charge on any atom is -0.456 e. The lowest BCUT2D eigenvalue weighted by Gasteiger charge is -2.28. The lowest BCUT2D eigenvalue weighted by Crippen LogP contribution is -2.11. The van der Waals surface area contributed by atoms with Crippen molar-refractivity contribution in [3.05, 3.63) is 212 Å². The smallest absolute Gasteiger partial charge is 0.136 e. The molecule has 1 aromatic heterocycles. The van der Waals surface area contributed by atoms with E-state index in [1.807, 2.05) is 12.1 Å².